The molecule has 1 aromatic carbocycles. The number of hydrogen-bond acceptors (Lipinski definition) is 2. The van der Waals surface area contributed by atoms with Crippen LogP contribution < -0.4 is 10.6 Å². The molecule has 0 aromatic heterocycles. The summed E-state index contributed by atoms with van der Waals surface area (Å²) >= 11 is 0. The van der Waals surface area contributed by atoms with Gasteiger partial charge in [0.1, 0.15) is 0 Å². The molecule has 1 saturated heterocycles. The van der Waals surface area contributed by atoms with Crippen LogP contribution in [0.4, 0.5) is 0 Å². The number of rotatable bonds is 5. The predicted octanol–water partition coefficient (Wildman–Crippen LogP) is 3.03. The van der Waals surface area contributed by atoms with Gasteiger partial charge in [0.2, 0.25) is 5.91 Å². The van der Waals surface area contributed by atoms with Crippen LogP contribution in [-0.4, -0.2) is 25.5 Å². The third-order valence-electron chi connectivity index (χ3n) is 4.97. The van der Waals surface area contributed by atoms with Crippen LogP contribution in [0.15, 0.2) is 24.3 Å². The highest BCUT2D eigenvalue weighted by molar-refractivity contribution is 5.85. The first-order valence-electron chi connectivity index (χ1n) is 8.29. The quantitative estimate of drug-likeness (QED) is 0.875. The first-order valence-corrected chi connectivity index (χ1v) is 8.29. The van der Waals surface area contributed by atoms with E-state index in [1.807, 2.05) is 0 Å². The highest BCUT2D eigenvalue weighted by atomic mass is 35.5. The van der Waals surface area contributed by atoms with Crippen LogP contribution >= 0.6 is 12.4 Å². The number of halogens is 1. The molecule has 2 N–H and O–H groups in total. The summed E-state index contributed by atoms with van der Waals surface area (Å²) in [6.07, 6.45) is 4.71. The van der Waals surface area contributed by atoms with Crippen molar-refractivity contribution in [3.8, 4) is 0 Å². The van der Waals surface area contributed by atoms with Crippen molar-refractivity contribution >= 4 is 18.3 Å². The number of carbonyl (C=O) groups excluding carboxylic acids is 1. The summed E-state index contributed by atoms with van der Waals surface area (Å²) in [7, 11) is 0. The Hall–Kier alpha value is -1.06. The number of hydrogen-bond donors (Lipinski definition) is 2. The van der Waals surface area contributed by atoms with Gasteiger partial charge in [-0.1, -0.05) is 24.3 Å². The van der Waals surface area contributed by atoms with Gasteiger partial charge in [-0.25, -0.2) is 0 Å². The van der Waals surface area contributed by atoms with E-state index in [1.54, 1.807) is 0 Å². The zero-order valence-corrected chi connectivity index (χ0v) is 14.1. The van der Waals surface area contributed by atoms with E-state index in [9.17, 15) is 4.79 Å². The number of benzene rings is 1. The standard InChI is InChI=1S/C18H26N2O.ClH/c1-13-5-2-3-7-15(13)16-11-17(16)18(21)20-10-8-14-6-4-9-19-12-14;/h2-3,5,7,14,16-17,19H,4,6,8-12H2,1H3,(H,20,21);1H. The Balaban J connectivity index is 0.00000176. The Kier molecular flexibility index (Phi) is 6.27. The van der Waals surface area contributed by atoms with E-state index >= 15 is 0 Å². The zero-order chi connectivity index (χ0) is 14.7. The topological polar surface area (TPSA) is 41.1 Å². The Labute approximate surface area is 139 Å². The molecule has 1 aliphatic carbocycles. The van der Waals surface area contributed by atoms with Crippen molar-refractivity contribution in [1.29, 1.82) is 0 Å². The van der Waals surface area contributed by atoms with Crippen LogP contribution in [0, 0.1) is 18.8 Å². The molecule has 1 amide bonds. The summed E-state index contributed by atoms with van der Waals surface area (Å²) in [6, 6.07) is 8.44. The lowest BCUT2D eigenvalue weighted by molar-refractivity contribution is -0.122. The van der Waals surface area contributed by atoms with E-state index in [1.165, 1.54) is 24.0 Å². The normalized spacial score (nSPS) is 26.9. The molecule has 122 valence electrons. The summed E-state index contributed by atoms with van der Waals surface area (Å²) in [5, 5.41) is 6.57. The highest BCUT2D eigenvalue weighted by Crippen LogP contribution is 2.48. The Morgan fingerprint density at radius 3 is 2.91 bits per heavy atom. The average molecular weight is 323 g/mol. The first-order chi connectivity index (χ1) is 10.3. The average Bonchev–Trinajstić information content (AvgIpc) is 3.29. The van der Waals surface area contributed by atoms with Crippen molar-refractivity contribution in [2.24, 2.45) is 11.8 Å². The second-order valence-corrected chi connectivity index (χ2v) is 6.60. The molecule has 3 nitrogen and oxygen atoms in total. The van der Waals surface area contributed by atoms with Gasteiger partial charge in [0.25, 0.3) is 0 Å². The van der Waals surface area contributed by atoms with Gasteiger partial charge in [-0.3, -0.25) is 4.79 Å². The molecule has 0 bridgehead atoms. The van der Waals surface area contributed by atoms with Gasteiger partial charge in [-0.2, -0.15) is 0 Å². The second-order valence-electron chi connectivity index (χ2n) is 6.60. The monoisotopic (exact) mass is 322 g/mol. The van der Waals surface area contributed by atoms with Crippen LogP contribution in [0.3, 0.4) is 0 Å². The number of piperidine rings is 1. The van der Waals surface area contributed by atoms with Crippen LogP contribution in [0.1, 0.15) is 42.7 Å². The molecule has 3 unspecified atom stereocenters. The van der Waals surface area contributed by atoms with Crippen LogP contribution in [-0.2, 0) is 4.79 Å². The summed E-state index contributed by atoms with van der Waals surface area (Å²) < 4.78 is 0. The lowest BCUT2D eigenvalue weighted by Gasteiger charge is -2.22. The molecule has 0 spiro atoms. The van der Waals surface area contributed by atoms with Crippen molar-refractivity contribution in [1.82, 2.24) is 10.6 Å². The summed E-state index contributed by atoms with van der Waals surface area (Å²) in [6.45, 7) is 5.25. The van der Waals surface area contributed by atoms with Gasteiger partial charge in [-0.05, 0) is 68.7 Å². The van der Waals surface area contributed by atoms with E-state index in [2.05, 4.69) is 41.8 Å². The SMILES string of the molecule is Cc1ccccc1C1CC1C(=O)NCCC1CCCNC1.Cl. The molecule has 1 aliphatic heterocycles. The van der Waals surface area contributed by atoms with Crippen LogP contribution in [0.5, 0.6) is 0 Å². The molecule has 2 fully saturated rings. The molecule has 1 saturated carbocycles. The summed E-state index contributed by atoms with van der Waals surface area (Å²) in [4.78, 5) is 12.2. The van der Waals surface area contributed by atoms with E-state index in [0.717, 1.165) is 38.4 Å². The maximum atomic E-state index is 12.2. The zero-order valence-electron chi connectivity index (χ0n) is 13.3. The maximum Gasteiger partial charge on any atom is 0.223 e. The smallest absolute Gasteiger partial charge is 0.223 e. The van der Waals surface area contributed by atoms with Crippen LogP contribution in [0.25, 0.3) is 0 Å². The first kappa shape index (κ1) is 17.3. The number of aryl methyl sites for hydroxylation is 1. The number of carbonyl (C=O) groups is 1. The second kappa shape index (κ2) is 7.98. The van der Waals surface area contributed by atoms with Crippen LogP contribution in [0.2, 0.25) is 0 Å². The van der Waals surface area contributed by atoms with Gasteiger partial charge >= 0.3 is 0 Å². The van der Waals surface area contributed by atoms with E-state index in [0.29, 0.717) is 5.92 Å². The highest BCUT2D eigenvalue weighted by Gasteiger charge is 2.44. The molecule has 1 aromatic rings. The molecular formula is C18H27ClN2O. The molecule has 3 atom stereocenters. The summed E-state index contributed by atoms with van der Waals surface area (Å²) in [5.74, 6) is 1.65. The van der Waals surface area contributed by atoms with E-state index < -0.39 is 0 Å². The predicted molar refractivity (Wildman–Crippen MR) is 92.5 cm³/mol. The number of amides is 1. The van der Waals surface area contributed by atoms with Crippen molar-refractivity contribution < 1.29 is 4.79 Å². The minimum absolute atomic E-state index is 0. The van der Waals surface area contributed by atoms with Gasteiger partial charge in [-0.15, -0.1) is 12.4 Å². The fourth-order valence-corrected chi connectivity index (χ4v) is 3.53. The molecule has 22 heavy (non-hydrogen) atoms. The summed E-state index contributed by atoms with van der Waals surface area (Å²) in [5.41, 5.74) is 2.67. The van der Waals surface area contributed by atoms with E-state index in [-0.39, 0.29) is 24.2 Å². The fraction of sp³-hybridized carbons (Fsp3) is 0.611. The van der Waals surface area contributed by atoms with E-state index in [4.69, 9.17) is 0 Å². The maximum absolute atomic E-state index is 12.2. The molecule has 2 aliphatic rings. The van der Waals surface area contributed by atoms with Crippen molar-refractivity contribution in [2.75, 3.05) is 19.6 Å². The lowest BCUT2D eigenvalue weighted by atomic mass is 9.96. The minimum Gasteiger partial charge on any atom is -0.356 e. The third kappa shape index (κ3) is 4.23. The Morgan fingerprint density at radius 2 is 2.18 bits per heavy atom. The molecule has 4 heteroatoms. The van der Waals surface area contributed by atoms with Gasteiger partial charge in [0, 0.05) is 12.5 Å². The number of nitrogens with one attached hydrogen (secondary N) is 2. The Morgan fingerprint density at radius 1 is 1.36 bits per heavy atom. The van der Waals surface area contributed by atoms with Crippen molar-refractivity contribution in [3.05, 3.63) is 35.4 Å². The fourth-order valence-electron chi connectivity index (χ4n) is 3.53. The van der Waals surface area contributed by atoms with Crippen molar-refractivity contribution in [2.45, 2.75) is 38.5 Å². The molecule has 1 heterocycles. The van der Waals surface area contributed by atoms with Gasteiger partial charge in [0.15, 0.2) is 0 Å². The molecular weight excluding hydrogens is 296 g/mol. The minimum atomic E-state index is 0. The van der Waals surface area contributed by atoms with Gasteiger partial charge in [0.05, 0.1) is 0 Å². The van der Waals surface area contributed by atoms with Gasteiger partial charge < -0.3 is 10.6 Å². The Bertz CT molecular complexity index is 500. The third-order valence-corrected chi connectivity index (χ3v) is 4.97. The van der Waals surface area contributed by atoms with Crippen molar-refractivity contribution in [3.63, 3.8) is 0 Å². The molecule has 3 rings (SSSR count). The largest absolute Gasteiger partial charge is 0.356 e. The molecule has 0 radical (unpaired) electrons. The lowest BCUT2D eigenvalue weighted by Crippen LogP contribution is -2.33.